The number of nitrogens with one attached hydrogen (secondary N) is 1. The smallest absolute Gasteiger partial charge is 0.166 e. The van der Waals surface area contributed by atoms with Gasteiger partial charge >= 0.3 is 0 Å². The summed E-state index contributed by atoms with van der Waals surface area (Å²) >= 11 is 0. The van der Waals surface area contributed by atoms with E-state index in [0.717, 1.165) is 18.5 Å². The van der Waals surface area contributed by atoms with Gasteiger partial charge in [-0.05, 0) is 32.0 Å². The summed E-state index contributed by atoms with van der Waals surface area (Å²) in [6, 6.07) is 12.5. The van der Waals surface area contributed by atoms with E-state index in [1.165, 1.54) is 18.9 Å². The Labute approximate surface area is 162 Å². The maximum Gasteiger partial charge on any atom is 0.166 e. The minimum Gasteiger partial charge on any atom is -0.490 e. The standard InChI is InChI=1S/C21H28FNO2.ClH/c1-3-5-8-14-23-15-17-11-9-13-20(24-4-2)21(17)25-16-18-10-6-7-12-19(18)22;/h6-7,9-13,23H,3-5,8,14-16H2,1-2H3;1H. The van der Waals surface area contributed by atoms with Crippen LogP contribution in [0.25, 0.3) is 0 Å². The quantitative estimate of drug-likeness (QED) is 0.521. The lowest BCUT2D eigenvalue weighted by molar-refractivity contribution is 0.262. The van der Waals surface area contributed by atoms with Crippen molar-refractivity contribution >= 4 is 12.4 Å². The SMILES string of the molecule is CCCCCNCc1cccc(OCC)c1OCc1ccccc1F.Cl. The van der Waals surface area contributed by atoms with Crippen LogP contribution in [0.15, 0.2) is 42.5 Å². The summed E-state index contributed by atoms with van der Waals surface area (Å²) in [5, 5.41) is 3.45. The van der Waals surface area contributed by atoms with E-state index in [9.17, 15) is 4.39 Å². The van der Waals surface area contributed by atoms with Gasteiger partial charge in [0.15, 0.2) is 11.5 Å². The van der Waals surface area contributed by atoms with E-state index in [4.69, 9.17) is 9.47 Å². The number of hydrogen-bond acceptors (Lipinski definition) is 3. The maximum atomic E-state index is 13.8. The summed E-state index contributed by atoms with van der Waals surface area (Å²) in [4.78, 5) is 0. The van der Waals surface area contributed by atoms with Crippen molar-refractivity contribution in [2.45, 2.75) is 46.3 Å². The molecule has 144 valence electrons. The molecule has 1 N–H and O–H groups in total. The van der Waals surface area contributed by atoms with Gasteiger partial charge in [-0.1, -0.05) is 50.1 Å². The molecule has 0 saturated carbocycles. The third kappa shape index (κ3) is 6.85. The normalized spacial score (nSPS) is 10.3. The lowest BCUT2D eigenvalue weighted by atomic mass is 10.1. The summed E-state index contributed by atoms with van der Waals surface area (Å²) in [5.41, 5.74) is 1.56. The van der Waals surface area contributed by atoms with Crippen molar-refractivity contribution in [3.8, 4) is 11.5 Å². The molecule has 0 aliphatic carbocycles. The van der Waals surface area contributed by atoms with Crippen LogP contribution in [0.4, 0.5) is 4.39 Å². The lowest BCUT2D eigenvalue weighted by Gasteiger charge is -2.17. The van der Waals surface area contributed by atoms with Gasteiger partial charge in [0, 0.05) is 17.7 Å². The molecule has 0 fully saturated rings. The van der Waals surface area contributed by atoms with Gasteiger partial charge in [0.05, 0.1) is 6.61 Å². The number of rotatable bonds is 11. The zero-order chi connectivity index (χ0) is 17.9. The second-order valence-electron chi connectivity index (χ2n) is 5.94. The average molecular weight is 382 g/mol. The van der Waals surface area contributed by atoms with Crippen molar-refractivity contribution in [2.75, 3.05) is 13.2 Å². The van der Waals surface area contributed by atoms with Crippen LogP contribution < -0.4 is 14.8 Å². The summed E-state index contributed by atoms with van der Waals surface area (Å²) in [6.45, 7) is 6.55. The molecule has 2 rings (SSSR count). The fourth-order valence-electron chi connectivity index (χ4n) is 2.62. The van der Waals surface area contributed by atoms with Gasteiger partial charge in [0.2, 0.25) is 0 Å². The van der Waals surface area contributed by atoms with Gasteiger partial charge < -0.3 is 14.8 Å². The molecule has 2 aromatic rings. The zero-order valence-electron chi connectivity index (χ0n) is 15.6. The van der Waals surface area contributed by atoms with Crippen LogP contribution in [0.3, 0.4) is 0 Å². The molecule has 0 amide bonds. The number of hydrogen-bond donors (Lipinski definition) is 1. The molecule has 0 aromatic heterocycles. The molecule has 5 heteroatoms. The average Bonchev–Trinajstić information content (AvgIpc) is 2.62. The Morgan fingerprint density at radius 1 is 0.923 bits per heavy atom. The molecule has 0 saturated heterocycles. The summed E-state index contributed by atoms with van der Waals surface area (Å²) in [5.74, 6) is 1.14. The van der Waals surface area contributed by atoms with Gasteiger partial charge in [0.1, 0.15) is 12.4 Å². The van der Waals surface area contributed by atoms with Gasteiger partial charge in [-0.15, -0.1) is 12.4 Å². The molecule has 0 unspecified atom stereocenters. The van der Waals surface area contributed by atoms with Crippen LogP contribution in [0.2, 0.25) is 0 Å². The third-order valence-corrected chi connectivity index (χ3v) is 3.96. The van der Waals surface area contributed by atoms with Crippen LogP contribution >= 0.6 is 12.4 Å². The highest BCUT2D eigenvalue weighted by molar-refractivity contribution is 5.85. The Morgan fingerprint density at radius 3 is 2.42 bits per heavy atom. The number of halogens is 2. The first kappa shape index (κ1) is 22.3. The third-order valence-electron chi connectivity index (χ3n) is 3.96. The Kier molecular flexibility index (Phi) is 10.7. The van der Waals surface area contributed by atoms with Gasteiger partial charge in [-0.3, -0.25) is 0 Å². The Balaban J connectivity index is 0.00000338. The van der Waals surface area contributed by atoms with Crippen molar-refractivity contribution < 1.29 is 13.9 Å². The molecular weight excluding hydrogens is 353 g/mol. The van der Waals surface area contributed by atoms with Gasteiger partial charge in [-0.25, -0.2) is 4.39 Å². The minimum atomic E-state index is -0.254. The van der Waals surface area contributed by atoms with E-state index in [1.54, 1.807) is 12.1 Å². The molecular formula is C21H29ClFNO2. The van der Waals surface area contributed by atoms with E-state index in [-0.39, 0.29) is 24.8 Å². The molecule has 2 aromatic carbocycles. The first-order valence-electron chi connectivity index (χ1n) is 9.07. The number of ether oxygens (including phenoxy) is 2. The number of benzene rings is 2. The van der Waals surface area contributed by atoms with E-state index < -0.39 is 0 Å². The first-order valence-corrected chi connectivity index (χ1v) is 9.07. The van der Waals surface area contributed by atoms with Crippen LogP contribution in [-0.4, -0.2) is 13.2 Å². The molecule has 26 heavy (non-hydrogen) atoms. The summed E-state index contributed by atoms with van der Waals surface area (Å²) < 4.78 is 25.5. The molecule has 0 aliphatic rings. The van der Waals surface area contributed by atoms with E-state index in [0.29, 0.717) is 30.2 Å². The van der Waals surface area contributed by atoms with Crippen LogP contribution in [-0.2, 0) is 13.2 Å². The molecule has 0 spiro atoms. The maximum absolute atomic E-state index is 13.8. The second kappa shape index (κ2) is 12.6. The van der Waals surface area contributed by atoms with Crippen molar-refractivity contribution in [3.05, 3.63) is 59.4 Å². The van der Waals surface area contributed by atoms with E-state index in [2.05, 4.69) is 12.2 Å². The molecule has 3 nitrogen and oxygen atoms in total. The molecule has 0 aliphatic heterocycles. The fourth-order valence-corrected chi connectivity index (χ4v) is 2.62. The van der Waals surface area contributed by atoms with E-state index >= 15 is 0 Å². The van der Waals surface area contributed by atoms with Crippen molar-refractivity contribution in [3.63, 3.8) is 0 Å². The largest absolute Gasteiger partial charge is 0.490 e. The predicted molar refractivity (Wildman–Crippen MR) is 107 cm³/mol. The topological polar surface area (TPSA) is 30.5 Å². The minimum absolute atomic E-state index is 0. The van der Waals surface area contributed by atoms with Crippen molar-refractivity contribution in [2.24, 2.45) is 0 Å². The number of para-hydroxylation sites is 1. The Morgan fingerprint density at radius 2 is 1.69 bits per heavy atom. The highest BCUT2D eigenvalue weighted by atomic mass is 35.5. The zero-order valence-corrected chi connectivity index (χ0v) is 16.4. The first-order chi connectivity index (χ1) is 12.3. The monoisotopic (exact) mass is 381 g/mol. The highest BCUT2D eigenvalue weighted by Gasteiger charge is 2.12. The summed E-state index contributed by atoms with van der Waals surface area (Å²) in [6.07, 6.45) is 3.59. The van der Waals surface area contributed by atoms with Gasteiger partial charge in [-0.2, -0.15) is 0 Å². The molecule has 0 heterocycles. The Bertz CT molecular complexity index is 652. The molecule has 0 radical (unpaired) electrons. The van der Waals surface area contributed by atoms with Crippen LogP contribution in [0, 0.1) is 5.82 Å². The van der Waals surface area contributed by atoms with E-state index in [1.807, 2.05) is 31.2 Å². The van der Waals surface area contributed by atoms with Crippen LogP contribution in [0.1, 0.15) is 44.2 Å². The Hall–Kier alpha value is -1.78. The van der Waals surface area contributed by atoms with Crippen molar-refractivity contribution in [1.29, 1.82) is 0 Å². The van der Waals surface area contributed by atoms with Crippen LogP contribution in [0.5, 0.6) is 11.5 Å². The van der Waals surface area contributed by atoms with Gasteiger partial charge in [0.25, 0.3) is 0 Å². The lowest BCUT2D eigenvalue weighted by Crippen LogP contribution is -2.16. The molecule has 0 atom stereocenters. The summed E-state index contributed by atoms with van der Waals surface area (Å²) in [7, 11) is 0. The number of unbranched alkanes of at least 4 members (excludes halogenated alkanes) is 2. The molecule has 0 bridgehead atoms. The predicted octanol–water partition coefficient (Wildman–Crippen LogP) is 5.51. The second-order valence-corrected chi connectivity index (χ2v) is 5.94. The fraction of sp³-hybridized carbons (Fsp3) is 0.429. The van der Waals surface area contributed by atoms with Crippen molar-refractivity contribution in [1.82, 2.24) is 5.32 Å². The highest BCUT2D eigenvalue weighted by Crippen LogP contribution is 2.32.